The van der Waals surface area contributed by atoms with Gasteiger partial charge in [-0.05, 0) is 6.42 Å². The third-order valence-corrected chi connectivity index (χ3v) is 1.01. The quantitative estimate of drug-likeness (QED) is 0.442. The summed E-state index contributed by atoms with van der Waals surface area (Å²) in [5, 5.41) is 8.05. The lowest BCUT2D eigenvalue weighted by atomic mass is 10.5. The van der Waals surface area contributed by atoms with Crippen LogP contribution in [-0.2, 0) is 0 Å². The molecule has 0 amide bonds. The van der Waals surface area contributed by atoms with Crippen molar-refractivity contribution in [2.24, 2.45) is 11.7 Å². The molecule has 2 atom stereocenters. The highest BCUT2D eigenvalue weighted by Crippen LogP contribution is 2.25. The molecule has 0 aromatic heterocycles. The molecule has 0 aliphatic heterocycles. The molecule has 1 aliphatic rings. The minimum Gasteiger partial charge on any atom is -0.326 e. The van der Waals surface area contributed by atoms with Gasteiger partial charge in [0.05, 0.1) is 12.0 Å². The van der Waals surface area contributed by atoms with Crippen LogP contribution >= 0.6 is 0 Å². The van der Waals surface area contributed by atoms with Crippen molar-refractivity contribution < 1.29 is 0 Å². The Morgan fingerprint density at radius 3 is 2.33 bits per heavy atom. The van der Waals surface area contributed by atoms with Crippen LogP contribution in [0.4, 0.5) is 0 Å². The molecule has 0 spiro atoms. The van der Waals surface area contributed by atoms with Crippen LogP contribution in [-0.4, -0.2) is 6.04 Å². The molecule has 2 heteroatoms. The summed E-state index contributed by atoms with van der Waals surface area (Å²) in [5.74, 6) is 0.185. The summed E-state index contributed by atoms with van der Waals surface area (Å²) in [6.07, 6.45) is 0.913. The average molecular weight is 82.1 g/mol. The third kappa shape index (κ3) is 0.373. The Morgan fingerprint density at radius 1 is 1.83 bits per heavy atom. The summed E-state index contributed by atoms with van der Waals surface area (Å²) in [4.78, 5) is 0. The van der Waals surface area contributed by atoms with E-state index in [-0.39, 0.29) is 12.0 Å². The summed E-state index contributed by atoms with van der Waals surface area (Å²) in [7, 11) is 0. The van der Waals surface area contributed by atoms with Crippen LogP contribution in [0, 0.1) is 17.2 Å². The minimum absolute atomic E-state index is 0.185. The molecule has 2 nitrogen and oxygen atoms in total. The van der Waals surface area contributed by atoms with Crippen molar-refractivity contribution in [2.75, 3.05) is 0 Å². The summed E-state index contributed by atoms with van der Waals surface area (Å²) < 4.78 is 0. The van der Waals surface area contributed by atoms with Crippen molar-refractivity contribution >= 4 is 0 Å². The van der Waals surface area contributed by atoms with E-state index in [2.05, 4.69) is 6.07 Å². The van der Waals surface area contributed by atoms with Crippen LogP contribution in [0.25, 0.3) is 0 Å². The highest BCUT2D eigenvalue weighted by molar-refractivity contribution is 5.04. The second-order valence-corrected chi connectivity index (χ2v) is 1.64. The Morgan fingerprint density at radius 2 is 2.33 bits per heavy atom. The maximum absolute atomic E-state index is 8.05. The van der Waals surface area contributed by atoms with Crippen molar-refractivity contribution in [3.05, 3.63) is 0 Å². The maximum atomic E-state index is 8.05. The summed E-state index contributed by atoms with van der Waals surface area (Å²) >= 11 is 0. The predicted octanol–water partition coefficient (Wildman–Crippen LogP) is -0.143. The molecule has 0 aromatic carbocycles. The number of hydrogen-bond donors (Lipinski definition) is 1. The summed E-state index contributed by atoms with van der Waals surface area (Å²) in [6, 6.07) is 2.27. The Bertz CT molecular complexity index is 92.2. The highest BCUT2D eigenvalue weighted by atomic mass is 14.7. The van der Waals surface area contributed by atoms with Crippen molar-refractivity contribution in [3.63, 3.8) is 0 Å². The molecule has 0 saturated heterocycles. The SMILES string of the molecule is N#C[C@H]1CC1N. The van der Waals surface area contributed by atoms with Crippen molar-refractivity contribution in [2.45, 2.75) is 12.5 Å². The lowest BCUT2D eigenvalue weighted by molar-refractivity contribution is 0.985. The monoisotopic (exact) mass is 82.1 g/mol. The first-order valence-corrected chi connectivity index (χ1v) is 2.00. The third-order valence-electron chi connectivity index (χ3n) is 1.01. The van der Waals surface area contributed by atoms with Crippen LogP contribution in [0.15, 0.2) is 0 Å². The molecule has 0 bridgehead atoms. The van der Waals surface area contributed by atoms with Crippen LogP contribution in [0.2, 0.25) is 0 Å². The van der Waals surface area contributed by atoms with E-state index in [9.17, 15) is 0 Å². The number of nitrogens with two attached hydrogens (primary N) is 1. The Hall–Kier alpha value is -0.550. The van der Waals surface area contributed by atoms with E-state index in [0.717, 1.165) is 6.42 Å². The normalized spacial score (nSPS) is 41.3. The lowest BCUT2D eigenvalue weighted by Gasteiger charge is -1.67. The van der Waals surface area contributed by atoms with Gasteiger partial charge in [0.1, 0.15) is 0 Å². The maximum Gasteiger partial charge on any atom is 0.0672 e. The molecular weight excluding hydrogens is 76.1 g/mol. The zero-order valence-corrected chi connectivity index (χ0v) is 3.39. The Balaban J connectivity index is 2.31. The van der Waals surface area contributed by atoms with E-state index in [0.29, 0.717) is 0 Å². The zero-order valence-electron chi connectivity index (χ0n) is 3.39. The van der Waals surface area contributed by atoms with Crippen molar-refractivity contribution in [1.82, 2.24) is 0 Å². The molecule has 1 fully saturated rings. The smallest absolute Gasteiger partial charge is 0.0672 e. The first-order chi connectivity index (χ1) is 2.84. The minimum atomic E-state index is 0.185. The Labute approximate surface area is 36.6 Å². The standard InChI is InChI=1S/C4H6N2/c5-2-3-1-4(3)6/h3-4H,1,6H2/t3-,4?/m1/s1. The fourth-order valence-electron chi connectivity index (χ4n) is 0.363. The molecule has 1 unspecified atom stereocenters. The van der Waals surface area contributed by atoms with E-state index < -0.39 is 0 Å². The topological polar surface area (TPSA) is 49.8 Å². The van der Waals surface area contributed by atoms with Crippen molar-refractivity contribution in [1.29, 1.82) is 5.26 Å². The molecule has 1 saturated carbocycles. The molecule has 0 heterocycles. The fourth-order valence-corrected chi connectivity index (χ4v) is 0.363. The fraction of sp³-hybridized carbons (Fsp3) is 0.750. The van der Waals surface area contributed by atoms with Gasteiger partial charge in [-0.2, -0.15) is 5.26 Å². The van der Waals surface area contributed by atoms with E-state index in [1.165, 1.54) is 0 Å². The molecule has 32 valence electrons. The average Bonchev–Trinajstić information content (AvgIpc) is 2.19. The molecule has 6 heavy (non-hydrogen) atoms. The number of nitriles is 1. The largest absolute Gasteiger partial charge is 0.326 e. The van der Waals surface area contributed by atoms with Gasteiger partial charge in [0, 0.05) is 6.04 Å². The molecule has 1 aliphatic carbocycles. The van der Waals surface area contributed by atoms with Gasteiger partial charge in [-0.15, -0.1) is 0 Å². The molecule has 0 radical (unpaired) electrons. The molecule has 0 aromatic rings. The van der Waals surface area contributed by atoms with E-state index in [4.69, 9.17) is 11.0 Å². The highest BCUT2D eigenvalue weighted by Gasteiger charge is 2.32. The van der Waals surface area contributed by atoms with E-state index >= 15 is 0 Å². The zero-order chi connectivity index (χ0) is 4.57. The van der Waals surface area contributed by atoms with Gasteiger partial charge in [0.15, 0.2) is 0 Å². The van der Waals surface area contributed by atoms with Gasteiger partial charge >= 0.3 is 0 Å². The number of hydrogen-bond acceptors (Lipinski definition) is 2. The lowest BCUT2D eigenvalue weighted by Crippen LogP contribution is -1.99. The first-order valence-electron chi connectivity index (χ1n) is 2.00. The Kier molecular flexibility index (Phi) is 0.578. The van der Waals surface area contributed by atoms with Gasteiger partial charge in [0.2, 0.25) is 0 Å². The van der Waals surface area contributed by atoms with Gasteiger partial charge in [-0.25, -0.2) is 0 Å². The molecule has 1 rings (SSSR count). The van der Waals surface area contributed by atoms with E-state index in [1.807, 2.05) is 0 Å². The van der Waals surface area contributed by atoms with E-state index in [1.54, 1.807) is 0 Å². The van der Waals surface area contributed by atoms with Crippen LogP contribution < -0.4 is 5.73 Å². The first kappa shape index (κ1) is 3.63. The molecule has 2 N–H and O–H groups in total. The van der Waals surface area contributed by atoms with Gasteiger partial charge < -0.3 is 5.73 Å². The van der Waals surface area contributed by atoms with Crippen molar-refractivity contribution in [3.8, 4) is 6.07 Å². The van der Waals surface area contributed by atoms with Gasteiger partial charge in [-0.3, -0.25) is 0 Å². The summed E-state index contributed by atoms with van der Waals surface area (Å²) in [5.41, 5.74) is 5.25. The van der Waals surface area contributed by atoms with Gasteiger partial charge in [0.25, 0.3) is 0 Å². The second kappa shape index (κ2) is 0.954. The number of nitrogens with zero attached hydrogens (tertiary/aromatic N) is 1. The number of rotatable bonds is 0. The predicted molar refractivity (Wildman–Crippen MR) is 21.7 cm³/mol. The summed E-state index contributed by atoms with van der Waals surface area (Å²) in [6.45, 7) is 0. The van der Waals surface area contributed by atoms with Crippen LogP contribution in [0.5, 0.6) is 0 Å². The van der Waals surface area contributed by atoms with Gasteiger partial charge in [-0.1, -0.05) is 0 Å². The second-order valence-electron chi connectivity index (χ2n) is 1.64. The van der Waals surface area contributed by atoms with Crippen LogP contribution in [0.1, 0.15) is 6.42 Å². The molecular formula is C4H6N2. The van der Waals surface area contributed by atoms with Crippen LogP contribution in [0.3, 0.4) is 0 Å².